The summed E-state index contributed by atoms with van der Waals surface area (Å²) in [6.45, 7) is 11.0. The van der Waals surface area contributed by atoms with Crippen LogP contribution in [0.5, 0.6) is 0 Å². The second-order valence-corrected chi connectivity index (χ2v) is 11.9. The average Bonchev–Trinajstić information content (AvgIpc) is 3.27. The first-order chi connectivity index (χ1) is 17.0. The molecule has 0 saturated carbocycles. The van der Waals surface area contributed by atoms with Gasteiger partial charge >= 0.3 is 0 Å². The van der Waals surface area contributed by atoms with Crippen LogP contribution in [0, 0.1) is 11.3 Å². The molecular weight excluding hydrogens is 492 g/mol. The van der Waals surface area contributed by atoms with Crippen LogP contribution in [0.1, 0.15) is 65.5 Å². The second kappa shape index (κ2) is 12.5. The Morgan fingerprint density at radius 3 is 2.33 bits per heavy atom. The van der Waals surface area contributed by atoms with Crippen molar-refractivity contribution in [1.29, 1.82) is 0 Å². The van der Waals surface area contributed by atoms with E-state index in [9.17, 15) is 9.59 Å². The van der Waals surface area contributed by atoms with Crippen LogP contribution in [0.25, 0.3) is 10.6 Å². The Labute approximate surface area is 223 Å². The molecule has 0 aliphatic heterocycles. The van der Waals surface area contributed by atoms with Gasteiger partial charge in [0.05, 0.1) is 6.04 Å². The molecule has 1 N–H and O–H groups in total. The highest BCUT2D eigenvalue weighted by Gasteiger charge is 2.25. The first-order valence-corrected chi connectivity index (χ1v) is 13.4. The lowest BCUT2D eigenvalue weighted by Crippen LogP contribution is -2.37. The maximum atomic E-state index is 13.4. The number of benzene rings is 2. The average molecular weight is 527 g/mol. The lowest BCUT2D eigenvalue weighted by atomic mass is 9.84. The molecule has 0 aliphatic rings. The molecule has 0 radical (unpaired) electrons. The largest absolute Gasteiger partial charge is 0.335 e. The summed E-state index contributed by atoms with van der Waals surface area (Å²) in [7, 11) is 0. The molecule has 1 heterocycles. The maximum Gasteiger partial charge on any atom is 0.227 e. The Hall–Kier alpha value is -2.77. The van der Waals surface area contributed by atoms with Crippen molar-refractivity contribution in [2.75, 3.05) is 11.9 Å². The van der Waals surface area contributed by atoms with E-state index in [1.165, 1.54) is 11.3 Å². The van der Waals surface area contributed by atoms with Gasteiger partial charge in [0.2, 0.25) is 16.9 Å². The zero-order valence-electron chi connectivity index (χ0n) is 21.6. The molecule has 0 aliphatic carbocycles. The van der Waals surface area contributed by atoms with Crippen LogP contribution < -0.4 is 5.32 Å². The molecule has 8 heteroatoms. The molecule has 3 rings (SSSR count). The smallest absolute Gasteiger partial charge is 0.227 e. The summed E-state index contributed by atoms with van der Waals surface area (Å²) < 4.78 is 0. The number of carbonyl (C=O) groups excluding carboxylic acids is 2. The topological polar surface area (TPSA) is 75.2 Å². The summed E-state index contributed by atoms with van der Waals surface area (Å²) in [4.78, 5) is 28.0. The Balaban J connectivity index is 1.65. The van der Waals surface area contributed by atoms with Gasteiger partial charge in [-0.3, -0.25) is 9.59 Å². The zero-order chi connectivity index (χ0) is 26.3. The van der Waals surface area contributed by atoms with Crippen LogP contribution in [-0.4, -0.2) is 33.5 Å². The van der Waals surface area contributed by atoms with Gasteiger partial charge in [-0.2, -0.15) is 0 Å². The van der Waals surface area contributed by atoms with Crippen LogP contribution in [0.3, 0.4) is 0 Å². The first kappa shape index (κ1) is 27.8. The predicted octanol–water partition coefficient (Wildman–Crippen LogP) is 7.24. The van der Waals surface area contributed by atoms with E-state index in [1.54, 1.807) is 12.1 Å². The Morgan fingerprint density at radius 1 is 1.03 bits per heavy atom. The van der Waals surface area contributed by atoms with Crippen LogP contribution in [-0.2, 0) is 9.59 Å². The molecule has 36 heavy (non-hydrogen) atoms. The summed E-state index contributed by atoms with van der Waals surface area (Å²) in [5.74, 6) is 0.121. The number of anilines is 1. The van der Waals surface area contributed by atoms with E-state index in [2.05, 4.69) is 43.2 Å². The predicted molar refractivity (Wildman–Crippen MR) is 148 cm³/mol. The fraction of sp³-hybridized carbons (Fsp3) is 0.429. The van der Waals surface area contributed by atoms with E-state index in [1.807, 2.05) is 54.3 Å². The van der Waals surface area contributed by atoms with Crippen LogP contribution in [0.4, 0.5) is 5.13 Å². The molecule has 2 atom stereocenters. The number of nitrogens with one attached hydrogen (secondary N) is 1. The zero-order valence-corrected chi connectivity index (χ0v) is 23.2. The Morgan fingerprint density at radius 2 is 1.69 bits per heavy atom. The minimum absolute atomic E-state index is 0.0665. The minimum Gasteiger partial charge on any atom is -0.335 e. The molecule has 192 valence electrons. The van der Waals surface area contributed by atoms with E-state index < -0.39 is 0 Å². The second-order valence-electron chi connectivity index (χ2n) is 10.5. The lowest BCUT2D eigenvalue weighted by Gasteiger charge is -2.31. The number of hydrogen-bond acceptors (Lipinski definition) is 5. The highest BCUT2D eigenvalue weighted by molar-refractivity contribution is 7.18. The number of nitrogens with zero attached hydrogens (tertiary/aromatic N) is 3. The van der Waals surface area contributed by atoms with Crippen molar-refractivity contribution < 1.29 is 9.59 Å². The summed E-state index contributed by atoms with van der Waals surface area (Å²) in [5, 5.41) is 12.9. The van der Waals surface area contributed by atoms with Crippen molar-refractivity contribution in [2.45, 2.75) is 59.9 Å². The van der Waals surface area contributed by atoms with E-state index in [-0.39, 0.29) is 35.6 Å². The fourth-order valence-corrected chi connectivity index (χ4v) is 5.26. The van der Waals surface area contributed by atoms with Gasteiger partial charge in [0.1, 0.15) is 5.01 Å². The fourth-order valence-electron chi connectivity index (χ4n) is 4.37. The van der Waals surface area contributed by atoms with Crippen LogP contribution >= 0.6 is 22.9 Å². The quantitative estimate of drug-likeness (QED) is 0.302. The van der Waals surface area contributed by atoms with Gasteiger partial charge in [0.15, 0.2) is 0 Å². The molecule has 0 fully saturated rings. The number of amides is 2. The van der Waals surface area contributed by atoms with Gasteiger partial charge in [-0.15, -0.1) is 10.2 Å². The third-order valence-electron chi connectivity index (χ3n) is 5.90. The molecule has 2 amide bonds. The van der Waals surface area contributed by atoms with Gasteiger partial charge in [0, 0.05) is 30.0 Å². The third kappa shape index (κ3) is 8.42. The number of rotatable bonds is 10. The summed E-state index contributed by atoms with van der Waals surface area (Å²) in [5.41, 5.74) is 2.09. The maximum absolute atomic E-state index is 13.4. The minimum atomic E-state index is -0.199. The summed E-state index contributed by atoms with van der Waals surface area (Å²) >= 11 is 7.25. The highest BCUT2D eigenvalue weighted by Crippen LogP contribution is 2.29. The lowest BCUT2D eigenvalue weighted by molar-refractivity contribution is -0.134. The van der Waals surface area contributed by atoms with Crippen LogP contribution in [0.15, 0.2) is 54.6 Å². The van der Waals surface area contributed by atoms with Crippen molar-refractivity contribution >= 4 is 39.9 Å². The van der Waals surface area contributed by atoms with E-state index in [0.29, 0.717) is 28.1 Å². The van der Waals surface area contributed by atoms with Gasteiger partial charge in [0.25, 0.3) is 0 Å². The molecular formula is C28H35ClN4O2S. The van der Waals surface area contributed by atoms with E-state index in [0.717, 1.165) is 17.5 Å². The molecule has 2 aromatic carbocycles. The van der Waals surface area contributed by atoms with Gasteiger partial charge in [-0.1, -0.05) is 93.1 Å². The van der Waals surface area contributed by atoms with E-state index >= 15 is 0 Å². The SMILES string of the molecule is C[C@H](CC(=O)N(CCC(=O)Nc1nnc(-c2ccc(Cl)cc2)s1)[C@H](C)c1ccccc1)CC(C)(C)C. The standard InChI is InChI=1S/C28H35ClN4O2S/c1-19(18-28(3,4)5)17-25(35)33(20(2)21-9-7-6-8-10-21)16-15-24(34)30-27-32-31-26(36-27)22-11-13-23(29)14-12-22/h6-14,19-20H,15-18H2,1-5H3,(H,30,32,34)/t19-,20-/m1/s1. The summed E-state index contributed by atoms with van der Waals surface area (Å²) in [6.07, 6.45) is 1.59. The van der Waals surface area contributed by atoms with Crippen molar-refractivity contribution in [1.82, 2.24) is 15.1 Å². The number of halogens is 1. The Bertz CT molecular complexity index is 1140. The molecule has 0 unspecified atom stereocenters. The molecule has 0 bridgehead atoms. The number of hydrogen-bond donors (Lipinski definition) is 1. The van der Waals surface area contributed by atoms with Crippen molar-refractivity contribution in [3.8, 4) is 10.6 Å². The van der Waals surface area contributed by atoms with Gasteiger partial charge < -0.3 is 10.2 Å². The van der Waals surface area contributed by atoms with Crippen molar-refractivity contribution in [3.05, 3.63) is 65.2 Å². The molecule has 6 nitrogen and oxygen atoms in total. The number of aromatic nitrogens is 2. The summed E-state index contributed by atoms with van der Waals surface area (Å²) in [6, 6.07) is 17.1. The Kier molecular flexibility index (Phi) is 9.63. The number of carbonyl (C=O) groups is 2. The highest BCUT2D eigenvalue weighted by atomic mass is 35.5. The van der Waals surface area contributed by atoms with Gasteiger partial charge in [-0.05, 0) is 42.4 Å². The third-order valence-corrected chi connectivity index (χ3v) is 7.04. The first-order valence-electron chi connectivity index (χ1n) is 12.3. The van der Waals surface area contributed by atoms with Gasteiger partial charge in [-0.25, -0.2) is 0 Å². The van der Waals surface area contributed by atoms with Crippen molar-refractivity contribution in [3.63, 3.8) is 0 Å². The van der Waals surface area contributed by atoms with E-state index in [4.69, 9.17) is 11.6 Å². The monoisotopic (exact) mass is 526 g/mol. The van der Waals surface area contributed by atoms with Crippen molar-refractivity contribution in [2.24, 2.45) is 11.3 Å². The molecule has 3 aromatic rings. The van der Waals surface area contributed by atoms with Crippen LogP contribution in [0.2, 0.25) is 5.02 Å². The normalized spacial score (nSPS) is 13.2. The molecule has 0 saturated heterocycles. The molecule has 1 aromatic heterocycles. The molecule has 0 spiro atoms.